The van der Waals surface area contributed by atoms with Gasteiger partial charge in [0.1, 0.15) is 5.82 Å². The Hall–Kier alpha value is -2.91. The molecule has 3 rings (SSSR count). The number of hydrogen-bond donors (Lipinski definition) is 1. The lowest BCUT2D eigenvalue weighted by Gasteiger charge is -2.39. The molecule has 10 heteroatoms. The molecule has 28 heavy (non-hydrogen) atoms. The van der Waals surface area contributed by atoms with E-state index in [0.717, 1.165) is 0 Å². The van der Waals surface area contributed by atoms with Gasteiger partial charge in [0.2, 0.25) is 0 Å². The number of anilines is 1. The number of ether oxygens (including phenoxy) is 1. The minimum absolute atomic E-state index is 0.0385. The maximum Gasteiger partial charge on any atom is 0.471 e. The summed E-state index contributed by atoms with van der Waals surface area (Å²) >= 11 is 0. The normalized spacial score (nSPS) is 20.0. The van der Waals surface area contributed by atoms with Gasteiger partial charge in [-0.15, -0.1) is 0 Å². The van der Waals surface area contributed by atoms with Crippen LogP contribution in [-0.4, -0.2) is 48.3 Å². The molecule has 1 aromatic carbocycles. The average Bonchev–Trinajstić information content (AvgIpc) is 2.68. The highest BCUT2D eigenvalue weighted by Crippen LogP contribution is 2.33. The average molecular weight is 398 g/mol. The molecule has 1 aliphatic heterocycles. The maximum absolute atomic E-state index is 14.1. The Morgan fingerprint density at radius 2 is 2.11 bits per heavy atom. The Morgan fingerprint density at radius 1 is 1.32 bits per heavy atom. The van der Waals surface area contributed by atoms with Crippen LogP contribution in [-0.2, 0) is 4.79 Å². The van der Waals surface area contributed by atoms with Crippen LogP contribution in [0, 0.1) is 5.82 Å². The Bertz CT molecular complexity index is 832. The number of nitrogens with one attached hydrogen (secondary N) is 1. The Balaban J connectivity index is 1.87. The summed E-state index contributed by atoms with van der Waals surface area (Å²) in [4.78, 5) is 21.4. The summed E-state index contributed by atoms with van der Waals surface area (Å²) in [6.07, 6.45) is -0.158. The highest BCUT2D eigenvalue weighted by molar-refractivity contribution is 5.82. The van der Waals surface area contributed by atoms with E-state index in [1.165, 1.54) is 37.8 Å². The summed E-state index contributed by atoms with van der Waals surface area (Å²) in [5.74, 6) is -2.61. The monoisotopic (exact) mass is 398 g/mol. The van der Waals surface area contributed by atoms with Crippen molar-refractivity contribution >= 4 is 11.7 Å². The predicted octanol–water partition coefficient (Wildman–Crippen LogP) is 2.67. The second-order valence-corrected chi connectivity index (χ2v) is 6.38. The molecule has 6 nitrogen and oxygen atoms in total. The first-order chi connectivity index (χ1) is 13.3. The smallest absolute Gasteiger partial charge is 0.471 e. The number of carbonyl (C=O) groups excluding carboxylic acids is 1. The topological polar surface area (TPSA) is 67.3 Å². The van der Waals surface area contributed by atoms with Gasteiger partial charge in [0.15, 0.2) is 11.6 Å². The Labute approximate surface area is 158 Å². The molecule has 0 radical (unpaired) electrons. The number of rotatable bonds is 4. The van der Waals surface area contributed by atoms with Crippen molar-refractivity contribution in [3.05, 3.63) is 48.2 Å². The molecular formula is C18H18F4N4O2. The minimum Gasteiger partial charge on any atom is -0.494 e. The lowest BCUT2D eigenvalue weighted by Crippen LogP contribution is -2.54. The molecule has 1 saturated heterocycles. The van der Waals surface area contributed by atoms with Gasteiger partial charge in [-0.25, -0.2) is 9.37 Å². The first-order valence-corrected chi connectivity index (χ1v) is 8.51. The summed E-state index contributed by atoms with van der Waals surface area (Å²) < 4.78 is 57.4. The zero-order valence-electron chi connectivity index (χ0n) is 14.9. The van der Waals surface area contributed by atoms with Crippen LogP contribution >= 0.6 is 0 Å². The van der Waals surface area contributed by atoms with E-state index in [-0.39, 0.29) is 12.3 Å². The van der Waals surface area contributed by atoms with Gasteiger partial charge in [0.05, 0.1) is 19.3 Å². The van der Waals surface area contributed by atoms with E-state index in [9.17, 15) is 22.4 Å². The summed E-state index contributed by atoms with van der Waals surface area (Å²) in [6.45, 7) is 0.550. The summed E-state index contributed by atoms with van der Waals surface area (Å²) in [6, 6.07) is 3.35. The van der Waals surface area contributed by atoms with Crippen molar-refractivity contribution in [2.45, 2.75) is 24.6 Å². The number of benzene rings is 1. The first-order valence-electron chi connectivity index (χ1n) is 8.51. The van der Waals surface area contributed by atoms with Crippen molar-refractivity contribution in [2.75, 3.05) is 25.1 Å². The molecule has 0 saturated carbocycles. The van der Waals surface area contributed by atoms with Gasteiger partial charge in [0.25, 0.3) is 0 Å². The molecule has 0 spiro atoms. The molecule has 2 aromatic rings. The van der Waals surface area contributed by atoms with Crippen LogP contribution < -0.4 is 15.0 Å². The van der Waals surface area contributed by atoms with Crippen LogP contribution in [0.5, 0.6) is 5.75 Å². The molecule has 0 bridgehead atoms. The summed E-state index contributed by atoms with van der Waals surface area (Å²) in [7, 11) is 1.32. The standard InChI is InChI=1S/C18H18F4N4O2/c1-28-15-3-2-11(8-13(15)19)12-4-7-26(16-9-23-5-6-24-16)10-14(12)25-17(27)18(20,21)22/h2-3,5-6,8-9,12,14H,4,7,10H2,1H3,(H,25,27). The lowest BCUT2D eigenvalue weighted by atomic mass is 9.85. The Kier molecular flexibility index (Phi) is 5.66. The largest absolute Gasteiger partial charge is 0.494 e. The second kappa shape index (κ2) is 7.99. The third-order valence-electron chi connectivity index (χ3n) is 4.66. The van der Waals surface area contributed by atoms with Crippen LogP contribution in [0.1, 0.15) is 17.9 Å². The zero-order chi connectivity index (χ0) is 20.3. The SMILES string of the molecule is COc1ccc(C2CCN(c3cnccn3)CC2NC(=O)C(F)(F)F)cc1F. The minimum atomic E-state index is -5.01. The first kappa shape index (κ1) is 19.8. The summed E-state index contributed by atoms with van der Waals surface area (Å²) in [5, 5.41) is 2.05. The second-order valence-electron chi connectivity index (χ2n) is 6.38. The third kappa shape index (κ3) is 4.32. The number of aromatic nitrogens is 2. The van der Waals surface area contributed by atoms with Crippen LogP contribution in [0.3, 0.4) is 0 Å². The van der Waals surface area contributed by atoms with E-state index >= 15 is 0 Å². The maximum atomic E-state index is 14.1. The van der Waals surface area contributed by atoms with Gasteiger partial charge in [-0.05, 0) is 24.1 Å². The van der Waals surface area contributed by atoms with E-state index in [1.807, 2.05) is 5.32 Å². The third-order valence-corrected chi connectivity index (χ3v) is 4.66. The molecule has 2 heterocycles. The van der Waals surface area contributed by atoms with E-state index in [0.29, 0.717) is 24.3 Å². The molecule has 1 aromatic heterocycles. The molecular weight excluding hydrogens is 380 g/mol. The Morgan fingerprint density at radius 3 is 2.71 bits per heavy atom. The molecule has 1 N–H and O–H groups in total. The van der Waals surface area contributed by atoms with Crippen LogP contribution in [0.15, 0.2) is 36.8 Å². The van der Waals surface area contributed by atoms with Gasteiger partial charge in [0, 0.05) is 31.4 Å². The number of hydrogen-bond acceptors (Lipinski definition) is 5. The lowest BCUT2D eigenvalue weighted by molar-refractivity contribution is -0.174. The molecule has 2 unspecified atom stereocenters. The van der Waals surface area contributed by atoms with Gasteiger partial charge in [-0.2, -0.15) is 13.2 Å². The number of nitrogens with zero attached hydrogens (tertiary/aromatic N) is 3. The highest BCUT2D eigenvalue weighted by atomic mass is 19.4. The number of alkyl halides is 3. The molecule has 0 aliphatic carbocycles. The van der Waals surface area contributed by atoms with Crippen molar-refractivity contribution in [1.82, 2.24) is 15.3 Å². The summed E-state index contributed by atoms with van der Waals surface area (Å²) in [5.41, 5.74) is 0.490. The fourth-order valence-corrected chi connectivity index (χ4v) is 3.32. The molecule has 1 amide bonds. The van der Waals surface area contributed by atoms with Crippen molar-refractivity contribution in [1.29, 1.82) is 0 Å². The van der Waals surface area contributed by atoms with Gasteiger partial charge >= 0.3 is 12.1 Å². The quantitative estimate of drug-likeness (QED) is 0.803. The van der Waals surface area contributed by atoms with E-state index in [2.05, 4.69) is 9.97 Å². The highest BCUT2D eigenvalue weighted by Gasteiger charge is 2.42. The molecule has 150 valence electrons. The van der Waals surface area contributed by atoms with E-state index in [1.54, 1.807) is 11.0 Å². The predicted molar refractivity (Wildman–Crippen MR) is 92.5 cm³/mol. The van der Waals surface area contributed by atoms with Crippen LogP contribution in [0.25, 0.3) is 0 Å². The van der Waals surface area contributed by atoms with Crippen molar-refractivity contribution < 1.29 is 27.1 Å². The number of amides is 1. The van der Waals surface area contributed by atoms with E-state index < -0.39 is 29.9 Å². The van der Waals surface area contributed by atoms with Crippen molar-refractivity contribution in [3.8, 4) is 5.75 Å². The van der Waals surface area contributed by atoms with Gasteiger partial charge in [-0.1, -0.05) is 6.07 Å². The van der Waals surface area contributed by atoms with Crippen molar-refractivity contribution in [2.24, 2.45) is 0 Å². The molecule has 2 atom stereocenters. The molecule has 1 fully saturated rings. The fraction of sp³-hybridized carbons (Fsp3) is 0.389. The number of methoxy groups -OCH3 is 1. The number of piperidine rings is 1. The van der Waals surface area contributed by atoms with Gasteiger partial charge in [-0.3, -0.25) is 9.78 Å². The number of halogens is 4. The fourth-order valence-electron chi connectivity index (χ4n) is 3.32. The van der Waals surface area contributed by atoms with E-state index in [4.69, 9.17) is 4.74 Å². The van der Waals surface area contributed by atoms with Crippen LogP contribution in [0.2, 0.25) is 0 Å². The van der Waals surface area contributed by atoms with Crippen molar-refractivity contribution in [3.63, 3.8) is 0 Å². The van der Waals surface area contributed by atoms with Gasteiger partial charge < -0.3 is 15.0 Å². The zero-order valence-corrected chi connectivity index (χ0v) is 14.9. The van der Waals surface area contributed by atoms with Crippen LogP contribution in [0.4, 0.5) is 23.4 Å². The molecule has 1 aliphatic rings. The number of carbonyl (C=O) groups is 1.